The van der Waals surface area contributed by atoms with E-state index in [9.17, 15) is 4.79 Å². The van der Waals surface area contributed by atoms with Crippen LogP contribution in [-0.4, -0.2) is 23.2 Å². The van der Waals surface area contributed by atoms with E-state index in [1.807, 2.05) is 0 Å². The summed E-state index contributed by atoms with van der Waals surface area (Å²) in [5, 5.41) is 12.0. The predicted molar refractivity (Wildman–Crippen MR) is 40.3 cm³/mol. The Hall–Kier alpha value is -0.570. The largest absolute Gasteiger partial charge is 0.481 e. The van der Waals surface area contributed by atoms with Crippen LogP contribution < -0.4 is 5.32 Å². The minimum Gasteiger partial charge on any atom is -0.481 e. The Morgan fingerprint density at radius 1 is 1.64 bits per heavy atom. The van der Waals surface area contributed by atoms with Crippen LogP contribution in [0.15, 0.2) is 0 Å². The molecule has 2 N–H and O–H groups in total. The molecule has 1 saturated heterocycles. The Balaban J connectivity index is 1.98. The molecule has 2 unspecified atom stereocenters. The van der Waals surface area contributed by atoms with Gasteiger partial charge in [0.1, 0.15) is 0 Å². The van der Waals surface area contributed by atoms with E-state index in [0.29, 0.717) is 0 Å². The second-order valence-electron chi connectivity index (χ2n) is 3.77. The van der Waals surface area contributed by atoms with Crippen molar-refractivity contribution in [3.8, 4) is 0 Å². The molecule has 62 valence electrons. The van der Waals surface area contributed by atoms with Crippen molar-refractivity contribution in [2.75, 3.05) is 6.54 Å². The summed E-state index contributed by atoms with van der Waals surface area (Å²) in [4.78, 5) is 10.6. The van der Waals surface area contributed by atoms with Gasteiger partial charge in [0.15, 0.2) is 0 Å². The number of carbonyl (C=O) groups is 1. The third-order valence-electron chi connectivity index (χ3n) is 2.87. The van der Waals surface area contributed by atoms with Crippen molar-refractivity contribution in [1.29, 1.82) is 0 Å². The van der Waals surface area contributed by atoms with E-state index in [4.69, 9.17) is 5.11 Å². The zero-order valence-electron chi connectivity index (χ0n) is 6.47. The normalized spacial score (nSPS) is 42.4. The summed E-state index contributed by atoms with van der Waals surface area (Å²) in [6, 6.07) is 0. The molecule has 0 aromatic rings. The zero-order chi connectivity index (χ0) is 7.90. The highest BCUT2D eigenvalue weighted by Gasteiger charge is 2.46. The van der Waals surface area contributed by atoms with Crippen LogP contribution in [0.5, 0.6) is 0 Å². The molecule has 0 radical (unpaired) electrons. The van der Waals surface area contributed by atoms with Crippen molar-refractivity contribution in [1.82, 2.24) is 5.32 Å². The van der Waals surface area contributed by atoms with Crippen LogP contribution in [0.1, 0.15) is 25.7 Å². The fourth-order valence-corrected chi connectivity index (χ4v) is 2.02. The minimum atomic E-state index is -0.613. The average molecular weight is 155 g/mol. The molecule has 1 aliphatic heterocycles. The van der Waals surface area contributed by atoms with Crippen molar-refractivity contribution >= 4 is 5.97 Å². The number of hydrogen-bond acceptors (Lipinski definition) is 2. The van der Waals surface area contributed by atoms with E-state index in [1.165, 1.54) is 6.42 Å². The average Bonchev–Trinajstić information content (AvgIpc) is 2.69. The van der Waals surface area contributed by atoms with Gasteiger partial charge >= 0.3 is 5.97 Å². The predicted octanol–water partition coefficient (Wildman–Crippen LogP) is 0.603. The highest BCUT2D eigenvalue weighted by atomic mass is 16.4. The number of nitrogens with one attached hydrogen (secondary N) is 1. The molecule has 2 atom stereocenters. The maximum absolute atomic E-state index is 10.6. The van der Waals surface area contributed by atoms with Crippen molar-refractivity contribution < 1.29 is 9.90 Å². The molecular weight excluding hydrogens is 142 g/mol. The molecule has 0 bridgehead atoms. The Morgan fingerprint density at radius 2 is 2.36 bits per heavy atom. The van der Waals surface area contributed by atoms with Gasteiger partial charge in [0, 0.05) is 12.1 Å². The monoisotopic (exact) mass is 155 g/mol. The zero-order valence-corrected chi connectivity index (χ0v) is 6.47. The summed E-state index contributed by atoms with van der Waals surface area (Å²) in [5.41, 5.74) is 0.251. The second-order valence-corrected chi connectivity index (χ2v) is 3.77. The van der Waals surface area contributed by atoms with Crippen molar-refractivity contribution in [3.05, 3.63) is 0 Å². The number of rotatable bonds is 1. The summed E-state index contributed by atoms with van der Waals surface area (Å²) in [6.07, 6.45) is 3.97. The number of carboxylic acids is 1. The molecule has 1 heterocycles. The lowest BCUT2D eigenvalue weighted by Gasteiger charge is -2.24. The first-order valence-electron chi connectivity index (χ1n) is 4.20. The molecule has 2 fully saturated rings. The Bertz CT molecular complexity index is 187. The Morgan fingerprint density at radius 3 is 2.91 bits per heavy atom. The molecule has 2 aliphatic rings. The summed E-state index contributed by atoms with van der Waals surface area (Å²) < 4.78 is 0. The van der Waals surface area contributed by atoms with Crippen molar-refractivity contribution in [2.24, 2.45) is 5.92 Å². The first kappa shape index (κ1) is 7.10. The third kappa shape index (κ3) is 1.25. The van der Waals surface area contributed by atoms with Crippen LogP contribution in [0.4, 0.5) is 0 Å². The lowest BCUT2D eigenvalue weighted by molar-refractivity contribution is -0.143. The fraction of sp³-hybridized carbons (Fsp3) is 0.875. The molecule has 2 rings (SSSR count). The molecule has 11 heavy (non-hydrogen) atoms. The Kier molecular flexibility index (Phi) is 1.42. The van der Waals surface area contributed by atoms with E-state index in [0.717, 1.165) is 25.8 Å². The van der Waals surface area contributed by atoms with Crippen LogP contribution in [0, 0.1) is 5.92 Å². The van der Waals surface area contributed by atoms with Crippen LogP contribution >= 0.6 is 0 Å². The molecular formula is C8H13NO2. The third-order valence-corrected chi connectivity index (χ3v) is 2.87. The van der Waals surface area contributed by atoms with E-state index in [1.54, 1.807) is 0 Å². The smallest absolute Gasteiger partial charge is 0.306 e. The van der Waals surface area contributed by atoms with Crippen LogP contribution in [0.2, 0.25) is 0 Å². The molecule has 1 saturated carbocycles. The first-order valence-corrected chi connectivity index (χ1v) is 4.20. The van der Waals surface area contributed by atoms with Crippen molar-refractivity contribution in [3.63, 3.8) is 0 Å². The number of aliphatic carboxylic acids is 1. The molecule has 0 amide bonds. The standard InChI is InChI=1S/C8H13NO2/c10-7(11)6-2-1-3-8(4-6)5-9-8/h6,9H,1-5H2,(H,10,11). The number of carboxylic acid groups (broad SMARTS) is 1. The number of hydrogen-bond donors (Lipinski definition) is 2. The maximum Gasteiger partial charge on any atom is 0.306 e. The summed E-state index contributed by atoms with van der Waals surface area (Å²) >= 11 is 0. The van der Waals surface area contributed by atoms with Gasteiger partial charge in [-0.05, 0) is 19.3 Å². The van der Waals surface area contributed by atoms with E-state index in [2.05, 4.69) is 5.32 Å². The summed E-state index contributed by atoms with van der Waals surface area (Å²) in [6.45, 7) is 1.04. The highest BCUT2D eigenvalue weighted by molar-refractivity contribution is 5.70. The molecule has 3 heteroatoms. The molecule has 1 spiro atoms. The topological polar surface area (TPSA) is 59.2 Å². The SMILES string of the molecule is O=C(O)C1CCCC2(CN2)C1. The first-order chi connectivity index (χ1) is 5.22. The maximum atomic E-state index is 10.6. The van der Waals surface area contributed by atoms with E-state index < -0.39 is 5.97 Å². The second kappa shape index (κ2) is 2.21. The minimum absolute atomic E-state index is 0.0845. The lowest BCUT2D eigenvalue weighted by Crippen LogP contribution is -2.29. The van der Waals surface area contributed by atoms with Gasteiger partial charge in [-0.1, -0.05) is 6.42 Å². The van der Waals surface area contributed by atoms with Gasteiger partial charge in [-0.3, -0.25) is 4.79 Å². The van der Waals surface area contributed by atoms with Gasteiger partial charge in [-0.15, -0.1) is 0 Å². The van der Waals surface area contributed by atoms with Gasteiger partial charge in [0.25, 0.3) is 0 Å². The van der Waals surface area contributed by atoms with Gasteiger partial charge in [0.2, 0.25) is 0 Å². The lowest BCUT2D eigenvalue weighted by atomic mass is 9.81. The van der Waals surface area contributed by atoms with Crippen LogP contribution in [0.25, 0.3) is 0 Å². The van der Waals surface area contributed by atoms with Gasteiger partial charge in [0.05, 0.1) is 5.92 Å². The Labute approximate surface area is 65.8 Å². The molecule has 0 aromatic heterocycles. The van der Waals surface area contributed by atoms with E-state index >= 15 is 0 Å². The summed E-state index contributed by atoms with van der Waals surface area (Å²) in [5.74, 6) is -0.698. The quantitative estimate of drug-likeness (QED) is 0.545. The van der Waals surface area contributed by atoms with Crippen LogP contribution in [0.3, 0.4) is 0 Å². The van der Waals surface area contributed by atoms with Gasteiger partial charge in [-0.25, -0.2) is 0 Å². The van der Waals surface area contributed by atoms with Gasteiger partial charge < -0.3 is 10.4 Å². The fourth-order valence-electron chi connectivity index (χ4n) is 2.02. The highest BCUT2D eigenvalue weighted by Crippen LogP contribution is 2.38. The van der Waals surface area contributed by atoms with Crippen molar-refractivity contribution in [2.45, 2.75) is 31.2 Å². The summed E-state index contributed by atoms with van der Waals surface area (Å²) in [7, 11) is 0. The molecule has 3 nitrogen and oxygen atoms in total. The molecule has 1 aliphatic carbocycles. The molecule has 0 aromatic carbocycles. The van der Waals surface area contributed by atoms with E-state index in [-0.39, 0.29) is 11.5 Å². The van der Waals surface area contributed by atoms with Gasteiger partial charge in [-0.2, -0.15) is 0 Å². The van der Waals surface area contributed by atoms with Crippen LogP contribution in [-0.2, 0) is 4.79 Å².